The summed E-state index contributed by atoms with van der Waals surface area (Å²) in [6.07, 6.45) is 0.887. The van der Waals surface area contributed by atoms with E-state index in [2.05, 4.69) is 10.5 Å². The molecule has 2 aromatic rings. The van der Waals surface area contributed by atoms with Crippen molar-refractivity contribution in [1.82, 2.24) is 5.16 Å². The van der Waals surface area contributed by atoms with Gasteiger partial charge in [-0.05, 0) is 25.0 Å². The number of carbonyl (C=O) groups excluding carboxylic acids is 2. The van der Waals surface area contributed by atoms with E-state index in [1.54, 1.807) is 17.9 Å². The van der Waals surface area contributed by atoms with Crippen LogP contribution in [0.1, 0.15) is 11.3 Å². The first-order valence-electron chi connectivity index (χ1n) is 7.32. The van der Waals surface area contributed by atoms with E-state index in [0.717, 1.165) is 12.1 Å². The smallest absolute Gasteiger partial charge is 0.237 e. The first-order valence-corrected chi connectivity index (χ1v) is 8.48. The Bertz CT molecular complexity index is 729. The fourth-order valence-electron chi connectivity index (χ4n) is 2.51. The highest BCUT2D eigenvalue weighted by Crippen LogP contribution is 2.27. The summed E-state index contributed by atoms with van der Waals surface area (Å²) in [5.41, 5.74) is 2.19. The fraction of sp³-hybridized carbons (Fsp3) is 0.312. The highest BCUT2D eigenvalue weighted by Gasteiger charge is 2.23. The average molecular weight is 331 g/mol. The van der Waals surface area contributed by atoms with E-state index in [9.17, 15) is 9.59 Å². The molecule has 0 radical (unpaired) electrons. The number of aromatic nitrogens is 1. The number of hydrogen-bond acceptors (Lipinski definition) is 5. The van der Waals surface area contributed by atoms with Gasteiger partial charge in [0.1, 0.15) is 5.76 Å². The summed E-state index contributed by atoms with van der Waals surface area (Å²) in [4.78, 5) is 25.9. The number of para-hydroxylation sites is 1. The van der Waals surface area contributed by atoms with E-state index in [1.165, 1.54) is 17.3 Å². The van der Waals surface area contributed by atoms with E-state index in [1.807, 2.05) is 24.3 Å². The van der Waals surface area contributed by atoms with Gasteiger partial charge in [0, 0.05) is 18.3 Å². The standard InChI is InChI=1S/C16H17N3O3S/c1-11-8-14(18-22-11)17-15(20)9-23-10-16(21)19-7-6-12-4-2-3-5-13(12)19/h2-5,8H,6-7,9-10H2,1H3,(H,17,18,20). The molecule has 1 aromatic heterocycles. The van der Waals surface area contributed by atoms with Crippen molar-refractivity contribution in [2.45, 2.75) is 13.3 Å². The fourth-order valence-corrected chi connectivity index (χ4v) is 3.20. The summed E-state index contributed by atoms with van der Waals surface area (Å²) in [5.74, 6) is 1.35. The largest absolute Gasteiger partial charge is 0.360 e. The molecule has 0 saturated carbocycles. The third-order valence-electron chi connectivity index (χ3n) is 3.54. The second-order valence-electron chi connectivity index (χ2n) is 5.29. The molecule has 6 nitrogen and oxygen atoms in total. The SMILES string of the molecule is Cc1cc(NC(=O)CSCC(=O)N2CCc3ccccc32)no1. The number of rotatable bonds is 5. The van der Waals surface area contributed by atoms with Crippen LogP contribution in [0.4, 0.5) is 11.5 Å². The Morgan fingerprint density at radius 3 is 2.96 bits per heavy atom. The molecule has 0 fully saturated rings. The van der Waals surface area contributed by atoms with E-state index in [4.69, 9.17) is 4.52 Å². The summed E-state index contributed by atoms with van der Waals surface area (Å²) in [5, 5.41) is 6.33. The van der Waals surface area contributed by atoms with E-state index in [0.29, 0.717) is 18.1 Å². The number of benzene rings is 1. The van der Waals surface area contributed by atoms with Crippen molar-refractivity contribution in [3.8, 4) is 0 Å². The predicted octanol–water partition coefficient (Wildman–Crippen LogP) is 2.24. The van der Waals surface area contributed by atoms with Crippen LogP contribution in [-0.2, 0) is 16.0 Å². The molecule has 23 heavy (non-hydrogen) atoms. The lowest BCUT2D eigenvalue weighted by molar-refractivity contribution is -0.116. The molecule has 1 aliphatic heterocycles. The van der Waals surface area contributed by atoms with Crippen molar-refractivity contribution in [1.29, 1.82) is 0 Å². The minimum absolute atomic E-state index is 0.0324. The summed E-state index contributed by atoms with van der Waals surface area (Å²) >= 11 is 1.30. The van der Waals surface area contributed by atoms with Gasteiger partial charge in [0.25, 0.3) is 0 Å². The van der Waals surface area contributed by atoms with Crippen molar-refractivity contribution < 1.29 is 14.1 Å². The monoisotopic (exact) mass is 331 g/mol. The molecule has 0 unspecified atom stereocenters. The second kappa shape index (κ2) is 6.87. The third-order valence-corrected chi connectivity index (χ3v) is 4.46. The van der Waals surface area contributed by atoms with Crippen LogP contribution in [0.2, 0.25) is 0 Å². The van der Waals surface area contributed by atoms with Gasteiger partial charge in [0.15, 0.2) is 5.82 Å². The molecule has 2 amide bonds. The Labute approximate surface area is 138 Å². The molecule has 7 heteroatoms. The number of nitrogens with zero attached hydrogens (tertiary/aromatic N) is 2. The van der Waals surface area contributed by atoms with Gasteiger partial charge >= 0.3 is 0 Å². The van der Waals surface area contributed by atoms with Crippen LogP contribution in [0.5, 0.6) is 0 Å². The highest BCUT2D eigenvalue weighted by atomic mass is 32.2. The molecule has 2 heterocycles. The topological polar surface area (TPSA) is 75.4 Å². The maximum absolute atomic E-state index is 12.3. The highest BCUT2D eigenvalue weighted by molar-refractivity contribution is 8.00. The molecule has 1 aromatic carbocycles. The minimum Gasteiger partial charge on any atom is -0.360 e. The van der Waals surface area contributed by atoms with Crippen molar-refractivity contribution in [2.75, 3.05) is 28.3 Å². The zero-order valence-electron chi connectivity index (χ0n) is 12.7. The molecule has 120 valence electrons. The quantitative estimate of drug-likeness (QED) is 0.909. The number of anilines is 2. The lowest BCUT2D eigenvalue weighted by Crippen LogP contribution is -2.31. The van der Waals surface area contributed by atoms with Crippen LogP contribution in [-0.4, -0.2) is 35.0 Å². The normalized spacial score (nSPS) is 13.0. The van der Waals surface area contributed by atoms with Gasteiger partial charge in [-0.15, -0.1) is 11.8 Å². The Balaban J connectivity index is 1.46. The predicted molar refractivity (Wildman–Crippen MR) is 89.7 cm³/mol. The number of carbonyl (C=O) groups is 2. The molecule has 1 aliphatic rings. The van der Waals surface area contributed by atoms with Crippen LogP contribution in [0.3, 0.4) is 0 Å². The van der Waals surface area contributed by atoms with Crippen LogP contribution < -0.4 is 10.2 Å². The van der Waals surface area contributed by atoms with Gasteiger partial charge in [0.2, 0.25) is 11.8 Å². The lowest BCUT2D eigenvalue weighted by atomic mass is 10.2. The van der Waals surface area contributed by atoms with Crippen molar-refractivity contribution >= 4 is 35.1 Å². The first kappa shape index (κ1) is 15.6. The van der Waals surface area contributed by atoms with Crippen LogP contribution in [0.15, 0.2) is 34.9 Å². The van der Waals surface area contributed by atoms with Gasteiger partial charge in [-0.3, -0.25) is 9.59 Å². The summed E-state index contributed by atoms with van der Waals surface area (Å²) in [6.45, 7) is 2.47. The van der Waals surface area contributed by atoms with Gasteiger partial charge < -0.3 is 14.7 Å². The number of nitrogens with one attached hydrogen (secondary N) is 1. The van der Waals surface area contributed by atoms with Gasteiger partial charge in [-0.1, -0.05) is 23.4 Å². The first-order chi connectivity index (χ1) is 11.1. The van der Waals surface area contributed by atoms with Crippen LogP contribution in [0.25, 0.3) is 0 Å². The molecule has 0 aliphatic carbocycles. The minimum atomic E-state index is -0.196. The molecule has 0 bridgehead atoms. The Morgan fingerprint density at radius 2 is 2.17 bits per heavy atom. The van der Waals surface area contributed by atoms with Crippen molar-refractivity contribution in [3.05, 3.63) is 41.7 Å². The lowest BCUT2D eigenvalue weighted by Gasteiger charge is -2.16. The van der Waals surface area contributed by atoms with Crippen LogP contribution in [0, 0.1) is 6.92 Å². The summed E-state index contributed by atoms with van der Waals surface area (Å²) in [7, 11) is 0. The Kier molecular flexibility index (Phi) is 4.66. The van der Waals surface area contributed by atoms with Crippen molar-refractivity contribution in [3.63, 3.8) is 0 Å². The van der Waals surface area contributed by atoms with Gasteiger partial charge in [-0.2, -0.15) is 0 Å². The number of thioether (sulfide) groups is 1. The van der Waals surface area contributed by atoms with Gasteiger partial charge in [-0.25, -0.2) is 0 Å². The molecule has 1 N–H and O–H groups in total. The van der Waals surface area contributed by atoms with Crippen LogP contribution >= 0.6 is 11.8 Å². The molecule has 0 saturated heterocycles. The van der Waals surface area contributed by atoms with Crippen molar-refractivity contribution in [2.24, 2.45) is 0 Å². The maximum Gasteiger partial charge on any atom is 0.237 e. The maximum atomic E-state index is 12.3. The number of aryl methyl sites for hydroxylation is 1. The Morgan fingerprint density at radius 1 is 1.35 bits per heavy atom. The summed E-state index contributed by atoms with van der Waals surface area (Å²) < 4.78 is 4.88. The zero-order valence-corrected chi connectivity index (χ0v) is 13.6. The second-order valence-corrected chi connectivity index (χ2v) is 6.27. The molecule has 0 spiro atoms. The van der Waals surface area contributed by atoms with E-state index >= 15 is 0 Å². The number of hydrogen-bond donors (Lipinski definition) is 1. The van der Waals surface area contributed by atoms with E-state index in [-0.39, 0.29) is 23.3 Å². The molecular weight excluding hydrogens is 314 g/mol. The third kappa shape index (κ3) is 3.73. The average Bonchev–Trinajstić information content (AvgIpc) is 3.13. The molecule has 3 rings (SSSR count). The molecule has 0 atom stereocenters. The molecular formula is C16H17N3O3S. The number of amides is 2. The number of fused-ring (bicyclic) bond motifs is 1. The zero-order chi connectivity index (χ0) is 16.2. The summed E-state index contributed by atoms with van der Waals surface area (Å²) in [6, 6.07) is 9.57. The Hall–Kier alpha value is -2.28. The van der Waals surface area contributed by atoms with E-state index < -0.39 is 0 Å². The van der Waals surface area contributed by atoms with Gasteiger partial charge in [0.05, 0.1) is 11.5 Å².